The van der Waals surface area contributed by atoms with E-state index in [2.05, 4.69) is 0 Å². The molecule has 24 nitrogen and oxygen atoms in total. The van der Waals surface area contributed by atoms with Crippen LogP contribution in [-0.2, 0) is 66.5 Å². The third-order valence-electron chi connectivity index (χ3n) is 13.2. The van der Waals surface area contributed by atoms with Gasteiger partial charge in [0.25, 0.3) is 0 Å². The fourth-order valence-electron chi connectivity index (χ4n) is 9.36. The summed E-state index contributed by atoms with van der Waals surface area (Å²) in [5.74, 6) is -8.16. The van der Waals surface area contributed by atoms with Gasteiger partial charge in [0.1, 0.15) is 54.9 Å². The second kappa shape index (κ2) is 24.6. The number of esters is 4. The van der Waals surface area contributed by atoms with E-state index >= 15 is 0 Å². The zero-order chi connectivity index (χ0) is 50.1. The predicted molar refractivity (Wildman–Crippen MR) is 223 cm³/mol. The molecule has 1 saturated carbocycles. The number of carbonyl (C=O) groups excluding carboxylic acids is 4. The zero-order valence-electron chi connectivity index (χ0n) is 38.1. The average molecular weight is 977 g/mol. The SMILES string of the molecule is C/C=C1/[C@H](O[C@H]2O[C@@H](CO)[C@H](O)[C@@H](O)[C@@H]2O)OC=C(C(=O)OC)[C@H]1CC(=O)O[C@H]1C[C@H](C)[C@@H](COC(=O)C[C@@H]2C(C(=O)OC)=CO[C@@H](O[C@@H]3O[C@H](CO)[C@@H](O)[C@H](O)[C@H]3O)/C2=C/C)[C@@H]1C(CO)CO. The highest BCUT2D eigenvalue weighted by atomic mass is 16.8. The van der Waals surface area contributed by atoms with Gasteiger partial charge in [-0.3, -0.25) is 9.59 Å². The van der Waals surface area contributed by atoms with E-state index in [4.69, 9.17) is 47.4 Å². The summed E-state index contributed by atoms with van der Waals surface area (Å²) in [6, 6.07) is 0. The first-order chi connectivity index (χ1) is 32.4. The summed E-state index contributed by atoms with van der Waals surface area (Å²) in [7, 11) is 2.23. The lowest BCUT2D eigenvalue weighted by atomic mass is 9.81. The van der Waals surface area contributed by atoms with Crippen LogP contribution in [-0.4, -0.2) is 202 Å². The Hall–Kier alpha value is -4.12. The van der Waals surface area contributed by atoms with Crippen molar-refractivity contribution in [2.45, 2.75) is 120 Å². The molecule has 5 aliphatic rings. The number of aliphatic hydroxyl groups is 10. The lowest BCUT2D eigenvalue weighted by Crippen LogP contribution is -2.60. The number of carbonyl (C=O) groups is 4. The Morgan fingerprint density at radius 2 is 1.12 bits per heavy atom. The Labute approximate surface area is 390 Å². The van der Waals surface area contributed by atoms with Crippen molar-refractivity contribution in [3.63, 3.8) is 0 Å². The Morgan fingerprint density at radius 1 is 0.676 bits per heavy atom. The highest BCUT2D eigenvalue weighted by Crippen LogP contribution is 2.45. The monoisotopic (exact) mass is 976 g/mol. The van der Waals surface area contributed by atoms with Gasteiger partial charge in [-0.1, -0.05) is 19.1 Å². The number of aliphatic hydroxyl groups excluding tert-OH is 10. The third-order valence-corrected chi connectivity index (χ3v) is 13.2. The van der Waals surface area contributed by atoms with E-state index in [9.17, 15) is 70.2 Å². The molecule has 1 aliphatic carbocycles. The average Bonchev–Trinajstić information content (AvgIpc) is 3.63. The summed E-state index contributed by atoms with van der Waals surface area (Å²) in [5.41, 5.74) is 0.144. The highest BCUT2D eigenvalue weighted by molar-refractivity contribution is 5.91. The summed E-state index contributed by atoms with van der Waals surface area (Å²) < 4.78 is 55.5. The molecule has 0 bridgehead atoms. The van der Waals surface area contributed by atoms with E-state index in [-0.39, 0.29) is 41.2 Å². The molecular weight excluding hydrogens is 912 g/mol. The standard InChI is InChI=1S/C44H64O24/c1-6-20-22(25(39(57)59-4)16-62-41(20)67-43-37(55)35(53)33(51)28(13-47)65-43)9-30(49)61-15-24-18(3)8-27(32(24)19(11-45)12-46)64-31(50)10-23-21(7-2)42(63-17-26(23)40(58)60-5)68-44-38(56)36(54)34(52)29(14-48)66-44/h6-7,16-19,22-24,27-29,32-38,41-48,51-56H,8-15H2,1-5H3/b20-6+,21-7+/t18-,22-,23-,24+,27-,28+,29-,32-,33+,34-,35-,36+,37+,38-,41-,42-,43-,44+/m0/s1. The first-order valence-corrected chi connectivity index (χ1v) is 22.1. The molecular formula is C44H64O24. The molecule has 24 heteroatoms. The van der Waals surface area contributed by atoms with Gasteiger partial charge in [0.05, 0.1) is 70.6 Å². The van der Waals surface area contributed by atoms with Crippen molar-refractivity contribution < 1.29 is 118 Å². The predicted octanol–water partition coefficient (Wildman–Crippen LogP) is -3.32. The quantitative estimate of drug-likeness (QED) is 0.0365. The lowest BCUT2D eigenvalue weighted by Gasteiger charge is -2.42. The van der Waals surface area contributed by atoms with Crippen molar-refractivity contribution in [1.29, 1.82) is 0 Å². The van der Waals surface area contributed by atoms with Gasteiger partial charge in [-0.25, -0.2) is 9.59 Å². The molecule has 0 aromatic carbocycles. The summed E-state index contributed by atoms with van der Waals surface area (Å²) in [6.07, 6.45) is -16.0. The van der Waals surface area contributed by atoms with Crippen LogP contribution in [0.2, 0.25) is 0 Å². The maximum absolute atomic E-state index is 13.9. The van der Waals surface area contributed by atoms with E-state index in [1.165, 1.54) is 12.2 Å². The molecule has 0 aromatic heterocycles. The van der Waals surface area contributed by atoms with Crippen molar-refractivity contribution in [2.75, 3.05) is 47.3 Å². The van der Waals surface area contributed by atoms with Crippen LogP contribution in [0.25, 0.3) is 0 Å². The molecule has 2 saturated heterocycles. The molecule has 5 rings (SSSR count). The van der Waals surface area contributed by atoms with Crippen LogP contribution in [0, 0.1) is 35.5 Å². The molecule has 3 fully saturated rings. The van der Waals surface area contributed by atoms with Crippen LogP contribution in [0.15, 0.2) is 47.0 Å². The molecule has 18 atom stereocenters. The number of allylic oxidation sites excluding steroid dienone is 2. The summed E-state index contributed by atoms with van der Waals surface area (Å²) in [4.78, 5) is 53.6. The van der Waals surface area contributed by atoms with Crippen molar-refractivity contribution in [3.8, 4) is 0 Å². The lowest BCUT2D eigenvalue weighted by molar-refractivity contribution is -0.327. The van der Waals surface area contributed by atoms with Gasteiger partial charge in [-0.05, 0) is 26.2 Å². The van der Waals surface area contributed by atoms with Gasteiger partial charge >= 0.3 is 23.9 Å². The number of ether oxygens (including phenoxy) is 10. The van der Waals surface area contributed by atoms with E-state index in [0.717, 1.165) is 26.7 Å². The zero-order valence-corrected chi connectivity index (χ0v) is 38.1. The smallest absolute Gasteiger partial charge is 0.337 e. The minimum absolute atomic E-state index is 0.103. The van der Waals surface area contributed by atoms with E-state index in [1.807, 2.05) is 0 Å². The van der Waals surface area contributed by atoms with E-state index in [0.29, 0.717) is 0 Å². The minimum atomic E-state index is -1.80. The highest BCUT2D eigenvalue weighted by Gasteiger charge is 2.51. The minimum Gasteiger partial charge on any atom is -0.468 e. The first kappa shape index (κ1) is 54.8. The molecule has 0 aromatic rings. The summed E-state index contributed by atoms with van der Waals surface area (Å²) in [5, 5.41) is 102. The van der Waals surface area contributed by atoms with Gasteiger partial charge in [-0.2, -0.15) is 0 Å². The van der Waals surface area contributed by atoms with Crippen molar-refractivity contribution in [1.82, 2.24) is 0 Å². The molecule has 0 spiro atoms. The van der Waals surface area contributed by atoms with Gasteiger partial charge < -0.3 is 98.4 Å². The van der Waals surface area contributed by atoms with Gasteiger partial charge in [0, 0.05) is 53.9 Å². The molecule has 4 aliphatic heterocycles. The molecule has 68 heavy (non-hydrogen) atoms. The summed E-state index contributed by atoms with van der Waals surface area (Å²) >= 11 is 0. The molecule has 0 unspecified atom stereocenters. The summed E-state index contributed by atoms with van der Waals surface area (Å²) in [6.45, 7) is 2.07. The second-order valence-corrected chi connectivity index (χ2v) is 17.1. The Kier molecular flexibility index (Phi) is 19.9. The molecule has 10 N–H and O–H groups in total. The largest absolute Gasteiger partial charge is 0.468 e. The van der Waals surface area contributed by atoms with Crippen molar-refractivity contribution in [2.24, 2.45) is 35.5 Å². The van der Waals surface area contributed by atoms with E-state index in [1.54, 1.807) is 20.8 Å². The Morgan fingerprint density at radius 3 is 1.51 bits per heavy atom. The first-order valence-electron chi connectivity index (χ1n) is 22.1. The van der Waals surface area contributed by atoms with Crippen LogP contribution >= 0.6 is 0 Å². The van der Waals surface area contributed by atoms with Crippen LogP contribution in [0.1, 0.15) is 40.0 Å². The van der Waals surface area contributed by atoms with Gasteiger partial charge in [0.2, 0.25) is 12.6 Å². The third kappa shape index (κ3) is 11.9. The Bertz CT molecular complexity index is 1860. The van der Waals surface area contributed by atoms with E-state index < -0.39 is 173 Å². The molecule has 4 heterocycles. The van der Waals surface area contributed by atoms with Crippen LogP contribution in [0.4, 0.5) is 0 Å². The number of hydrogen-bond acceptors (Lipinski definition) is 24. The second-order valence-electron chi connectivity index (χ2n) is 17.1. The van der Waals surface area contributed by atoms with Gasteiger partial charge in [0.15, 0.2) is 12.6 Å². The van der Waals surface area contributed by atoms with Crippen molar-refractivity contribution >= 4 is 23.9 Å². The normalized spacial score (nSPS) is 38.5. The number of methoxy groups -OCH3 is 2. The number of rotatable bonds is 18. The molecule has 384 valence electrons. The maximum Gasteiger partial charge on any atom is 0.337 e. The fourth-order valence-corrected chi connectivity index (χ4v) is 9.36. The topological polar surface area (TPSA) is 363 Å². The Balaban J connectivity index is 1.29. The number of hydrogen-bond donors (Lipinski definition) is 10. The van der Waals surface area contributed by atoms with Crippen molar-refractivity contribution in [3.05, 3.63) is 47.0 Å². The fraction of sp³-hybridized carbons (Fsp3) is 0.727. The van der Waals surface area contributed by atoms with Gasteiger partial charge in [-0.15, -0.1) is 0 Å². The van der Waals surface area contributed by atoms with Crippen LogP contribution in [0.5, 0.6) is 0 Å². The maximum atomic E-state index is 13.9. The molecule has 0 amide bonds. The van der Waals surface area contributed by atoms with Crippen LogP contribution in [0.3, 0.4) is 0 Å². The molecule has 0 radical (unpaired) electrons. The van der Waals surface area contributed by atoms with Crippen LogP contribution < -0.4 is 0 Å².